The minimum absolute atomic E-state index is 0.00873. The van der Waals surface area contributed by atoms with Gasteiger partial charge in [-0.25, -0.2) is 10.2 Å². The molecule has 5 heterocycles. The molecule has 0 aliphatic carbocycles. The lowest BCUT2D eigenvalue weighted by molar-refractivity contribution is 0.0787. The number of likely N-dealkylation sites (tertiary alicyclic amines) is 1. The summed E-state index contributed by atoms with van der Waals surface area (Å²) in [5.74, 6) is 1.33. The number of aromatic amines is 1. The summed E-state index contributed by atoms with van der Waals surface area (Å²) in [5, 5.41) is 1.88. The molecule has 9 nitrogen and oxygen atoms in total. The number of hydrazine groups is 1. The van der Waals surface area contributed by atoms with Crippen LogP contribution in [0.25, 0.3) is 0 Å². The van der Waals surface area contributed by atoms with Crippen LogP contribution in [-0.4, -0.2) is 71.2 Å². The Balaban J connectivity index is 1.46. The zero-order chi connectivity index (χ0) is 19.4. The van der Waals surface area contributed by atoms with Gasteiger partial charge in [-0.05, 0) is 18.9 Å². The van der Waals surface area contributed by atoms with Crippen molar-refractivity contribution in [3.8, 4) is 5.75 Å². The highest BCUT2D eigenvalue weighted by Gasteiger charge is 2.38. The smallest absolute Gasteiger partial charge is 0.339 e. The monoisotopic (exact) mass is 404 g/mol. The van der Waals surface area contributed by atoms with Crippen LogP contribution in [-0.2, 0) is 0 Å². The number of fused-ring (bicyclic) bond motifs is 2. The van der Waals surface area contributed by atoms with E-state index in [1.807, 2.05) is 15.9 Å². The molecule has 28 heavy (non-hydrogen) atoms. The van der Waals surface area contributed by atoms with Crippen LogP contribution in [0, 0.1) is 0 Å². The molecule has 1 atom stereocenters. The molecule has 1 aromatic heterocycles. The second-order valence-electron chi connectivity index (χ2n) is 7.25. The summed E-state index contributed by atoms with van der Waals surface area (Å²) in [7, 11) is 1.67. The zero-order valence-electron chi connectivity index (χ0n) is 15.4. The predicted molar refractivity (Wildman–Crippen MR) is 103 cm³/mol. The van der Waals surface area contributed by atoms with E-state index in [2.05, 4.69) is 10.4 Å². The molecular formula is C18H21ClN6O3. The molecule has 4 aliphatic rings. The van der Waals surface area contributed by atoms with Crippen molar-refractivity contribution in [2.24, 2.45) is 0 Å². The average Bonchev–Trinajstić information content (AvgIpc) is 3.41. The van der Waals surface area contributed by atoms with Crippen molar-refractivity contribution in [1.29, 1.82) is 0 Å². The molecule has 0 radical (unpaired) electrons. The summed E-state index contributed by atoms with van der Waals surface area (Å²) in [6.45, 7) is 2.64. The Morgan fingerprint density at radius 3 is 2.86 bits per heavy atom. The molecule has 4 aliphatic heterocycles. The topological polar surface area (TPSA) is 84.2 Å². The molecule has 1 aromatic rings. The van der Waals surface area contributed by atoms with E-state index in [9.17, 15) is 9.59 Å². The molecular weight excluding hydrogens is 384 g/mol. The first kappa shape index (κ1) is 17.4. The van der Waals surface area contributed by atoms with E-state index in [-0.39, 0.29) is 18.1 Å². The van der Waals surface area contributed by atoms with Crippen LogP contribution in [0.2, 0.25) is 0 Å². The Kier molecular flexibility index (Phi) is 4.02. The number of ether oxygens (including phenoxy) is 1. The lowest BCUT2D eigenvalue weighted by atomic mass is 10.2. The predicted octanol–water partition coefficient (Wildman–Crippen LogP) is 1.63. The summed E-state index contributed by atoms with van der Waals surface area (Å²) < 4.78 is 5.77. The third-order valence-corrected chi connectivity index (χ3v) is 5.76. The standard InChI is InChI=1S/C18H21ClN6O3/c1-22-18(27)25-10-11(19)13(9-15(25)21-22)24-6-7-28-14-8-12(20-16(14)24)17(26)23-4-2-3-5-23/h8-10,15,20-21H,2-7H2,1H3. The Hall–Kier alpha value is -2.65. The first-order chi connectivity index (χ1) is 13.5. The minimum atomic E-state index is -0.304. The SMILES string of the molecule is CN1NC2C=C(N3CCOc4cc(C(=O)N5CCCC5)[nH]c43)C(Cl)=CN2C1=O. The second-order valence-corrected chi connectivity index (χ2v) is 7.65. The number of amides is 3. The molecule has 148 valence electrons. The van der Waals surface area contributed by atoms with Crippen LogP contribution < -0.4 is 15.1 Å². The molecule has 0 aromatic carbocycles. The highest BCUT2D eigenvalue weighted by Crippen LogP contribution is 2.39. The quantitative estimate of drug-likeness (QED) is 0.782. The number of anilines is 1. The van der Waals surface area contributed by atoms with E-state index in [4.69, 9.17) is 16.3 Å². The van der Waals surface area contributed by atoms with Crippen LogP contribution in [0.3, 0.4) is 0 Å². The highest BCUT2D eigenvalue weighted by atomic mass is 35.5. The van der Waals surface area contributed by atoms with Crippen molar-refractivity contribution in [2.75, 3.05) is 38.2 Å². The lowest BCUT2D eigenvalue weighted by Gasteiger charge is -2.33. The van der Waals surface area contributed by atoms with Gasteiger partial charge in [-0.15, -0.1) is 0 Å². The molecule has 0 saturated carbocycles. The Morgan fingerprint density at radius 1 is 1.29 bits per heavy atom. The van der Waals surface area contributed by atoms with Gasteiger partial charge in [0, 0.05) is 32.4 Å². The number of carbonyl (C=O) groups excluding carboxylic acids is 2. The number of halogens is 1. The number of carbonyl (C=O) groups is 2. The number of hydrogen-bond donors (Lipinski definition) is 2. The van der Waals surface area contributed by atoms with Crippen molar-refractivity contribution < 1.29 is 14.3 Å². The number of nitrogens with zero attached hydrogens (tertiary/aromatic N) is 4. The summed E-state index contributed by atoms with van der Waals surface area (Å²) in [6, 6.07) is 1.60. The number of H-pyrrole nitrogens is 1. The van der Waals surface area contributed by atoms with E-state index in [1.54, 1.807) is 24.2 Å². The number of hydrogen-bond acceptors (Lipinski definition) is 5. The maximum Gasteiger partial charge on any atom is 0.339 e. The number of allylic oxidation sites excluding steroid dienone is 1. The van der Waals surface area contributed by atoms with E-state index in [0.29, 0.717) is 35.4 Å². The maximum atomic E-state index is 12.7. The Bertz CT molecular complexity index is 903. The van der Waals surface area contributed by atoms with Crippen molar-refractivity contribution >= 4 is 29.4 Å². The fraction of sp³-hybridized carbons (Fsp3) is 0.444. The molecule has 3 amide bonds. The third kappa shape index (κ3) is 2.65. The van der Waals surface area contributed by atoms with E-state index < -0.39 is 0 Å². The summed E-state index contributed by atoms with van der Waals surface area (Å²) in [4.78, 5) is 33.5. The van der Waals surface area contributed by atoms with Gasteiger partial charge in [-0.2, -0.15) is 0 Å². The van der Waals surface area contributed by atoms with Gasteiger partial charge in [0.15, 0.2) is 11.6 Å². The minimum Gasteiger partial charge on any atom is -0.488 e. The fourth-order valence-corrected chi connectivity index (χ4v) is 4.31. The maximum absolute atomic E-state index is 12.7. The highest BCUT2D eigenvalue weighted by molar-refractivity contribution is 6.32. The molecule has 1 unspecified atom stereocenters. The number of nitrogens with one attached hydrogen (secondary N) is 2. The molecule has 10 heteroatoms. The van der Waals surface area contributed by atoms with Gasteiger partial charge in [0.25, 0.3) is 5.91 Å². The summed E-state index contributed by atoms with van der Waals surface area (Å²) >= 11 is 6.52. The molecule has 0 spiro atoms. The van der Waals surface area contributed by atoms with Crippen LogP contribution in [0.15, 0.2) is 29.1 Å². The fourth-order valence-electron chi connectivity index (χ4n) is 4.04. The van der Waals surface area contributed by atoms with Gasteiger partial charge in [-0.3, -0.25) is 14.7 Å². The molecule has 2 saturated heterocycles. The van der Waals surface area contributed by atoms with Crippen molar-refractivity contribution in [2.45, 2.75) is 19.0 Å². The van der Waals surface area contributed by atoms with Crippen LogP contribution in [0.4, 0.5) is 10.6 Å². The first-order valence-corrected chi connectivity index (χ1v) is 9.75. The summed E-state index contributed by atoms with van der Waals surface area (Å²) in [6.07, 6.45) is 5.32. The van der Waals surface area contributed by atoms with Gasteiger partial charge in [0.2, 0.25) is 0 Å². The first-order valence-electron chi connectivity index (χ1n) is 9.37. The third-order valence-electron chi connectivity index (χ3n) is 5.47. The van der Waals surface area contributed by atoms with Gasteiger partial charge in [-0.1, -0.05) is 11.6 Å². The van der Waals surface area contributed by atoms with E-state index >= 15 is 0 Å². The van der Waals surface area contributed by atoms with Gasteiger partial charge in [0.1, 0.15) is 18.5 Å². The Labute approximate surface area is 167 Å². The molecule has 0 bridgehead atoms. The van der Waals surface area contributed by atoms with Crippen molar-refractivity contribution in [1.82, 2.24) is 25.2 Å². The number of aromatic nitrogens is 1. The number of rotatable bonds is 2. The average molecular weight is 405 g/mol. The van der Waals surface area contributed by atoms with Crippen LogP contribution >= 0.6 is 11.6 Å². The summed E-state index contributed by atoms with van der Waals surface area (Å²) in [5.41, 5.74) is 4.37. The van der Waals surface area contributed by atoms with Crippen molar-refractivity contribution in [3.63, 3.8) is 0 Å². The second kappa shape index (κ2) is 6.46. The van der Waals surface area contributed by atoms with Gasteiger partial charge < -0.3 is 19.5 Å². The van der Waals surface area contributed by atoms with E-state index in [1.165, 1.54) is 5.01 Å². The van der Waals surface area contributed by atoms with Crippen LogP contribution in [0.5, 0.6) is 5.75 Å². The van der Waals surface area contributed by atoms with Crippen LogP contribution in [0.1, 0.15) is 23.3 Å². The normalized spacial score (nSPS) is 24.1. The number of urea groups is 1. The zero-order valence-corrected chi connectivity index (χ0v) is 16.2. The Morgan fingerprint density at radius 2 is 2.07 bits per heavy atom. The van der Waals surface area contributed by atoms with E-state index in [0.717, 1.165) is 31.6 Å². The molecule has 2 N–H and O–H groups in total. The van der Waals surface area contributed by atoms with Gasteiger partial charge in [0.05, 0.1) is 17.3 Å². The van der Waals surface area contributed by atoms with Crippen molar-refractivity contribution in [3.05, 3.63) is 34.8 Å². The molecule has 2 fully saturated rings. The largest absolute Gasteiger partial charge is 0.488 e. The van der Waals surface area contributed by atoms with Gasteiger partial charge >= 0.3 is 6.03 Å². The molecule has 5 rings (SSSR count). The lowest BCUT2D eigenvalue weighted by Crippen LogP contribution is -2.39.